The van der Waals surface area contributed by atoms with Gasteiger partial charge >= 0.3 is 18.2 Å². The van der Waals surface area contributed by atoms with Gasteiger partial charge in [0.05, 0.1) is 10.5 Å². The SMILES string of the molecule is NS(=O)(=O)C1CC1.O=C(N[C@H]1CCCCC/C=C\[C@@H]2C[C@@]2(C(=O)CS(=O)(=O)C2CC2)NC(=O)C2Cc3cc(Oc4cccc(Cl)c4)ccc3CN2C1=O)OC1CCCC1.O=C(N[C@H]1CCCCC/C=C\[C@@H]2C[C@@]2(C(=O)O)NC(=O)C2Cc3cc(Oc4cccc(Cl)c4)ccc3CN2C1=O)OC1CCCC1. The molecule has 6 saturated carbocycles. The number of carboxylic acids is 1. The molecule has 0 saturated heterocycles. The number of sulfonamides is 1. The van der Waals surface area contributed by atoms with Crippen LogP contribution in [-0.4, -0.2) is 143 Å². The molecule has 14 rings (SSSR count). The fourth-order valence-electron chi connectivity index (χ4n) is 15.1. The second kappa shape index (κ2) is 33.4. The lowest BCUT2D eigenvalue weighted by molar-refractivity contribution is -0.147. The molecule has 4 aromatic carbocycles. The first-order valence-corrected chi connectivity index (χ1v) is 41.0. The molecule has 105 heavy (non-hydrogen) atoms. The van der Waals surface area contributed by atoms with Crippen LogP contribution >= 0.6 is 23.2 Å². The van der Waals surface area contributed by atoms with Crippen molar-refractivity contribution in [3.05, 3.63) is 142 Å². The van der Waals surface area contributed by atoms with Gasteiger partial charge in [-0.3, -0.25) is 24.0 Å². The number of alkyl carbamates (subject to hydrolysis) is 2. The number of carboxylic acid groups (broad SMARTS) is 1. The number of aliphatic carboxylic acids is 1. The van der Waals surface area contributed by atoms with Crippen LogP contribution in [0.25, 0.3) is 0 Å². The van der Waals surface area contributed by atoms with E-state index in [4.69, 9.17) is 47.3 Å². The number of benzene rings is 4. The highest BCUT2D eigenvalue weighted by Gasteiger charge is 2.62. The van der Waals surface area contributed by atoms with Crippen LogP contribution in [0.15, 0.2) is 109 Å². The highest BCUT2D eigenvalue weighted by atomic mass is 35.5. The maximum atomic E-state index is 14.5. The number of hydrogen-bond acceptors (Lipinski definition) is 16. The monoisotopic (exact) mass is 1520 g/mol. The number of nitrogens with two attached hydrogens (primary N) is 1. The molecule has 28 heteroatoms. The lowest BCUT2D eigenvalue weighted by Gasteiger charge is -2.39. The van der Waals surface area contributed by atoms with Gasteiger partial charge in [-0.2, -0.15) is 0 Å². The highest BCUT2D eigenvalue weighted by molar-refractivity contribution is 7.93. The number of sulfone groups is 1. The van der Waals surface area contributed by atoms with Gasteiger partial charge in [-0.05, 0) is 211 Å². The molecule has 0 aromatic heterocycles. The average molecular weight is 1520 g/mol. The molecule has 4 heterocycles. The Bertz CT molecular complexity index is 4230. The first kappa shape index (κ1) is 76.6. The first-order chi connectivity index (χ1) is 50.3. The number of amides is 6. The van der Waals surface area contributed by atoms with Crippen LogP contribution in [0.2, 0.25) is 10.0 Å². The predicted octanol–water partition coefficient (Wildman–Crippen LogP) is 11.3. The smallest absolute Gasteiger partial charge is 0.408 e. The van der Waals surface area contributed by atoms with Crippen LogP contribution in [0.3, 0.4) is 0 Å². The largest absolute Gasteiger partial charge is 0.479 e. The summed E-state index contributed by atoms with van der Waals surface area (Å²) in [5.74, 6) is -2.64. The number of carbonyl (C=O) groups excluding carboxylic acids is 7. The molecule has 24 nitrogen and oxygen atoms in total. The number of fused-ring (bicyclic) bond motifs is 6. The Labute approximate surface area is 622 Å². The molecule has 564 valence electrons. The molecule has 7 N–H and O–H groups in total. The predicted molar refractivity (Wildman–Crippen MR) is 391 cm³/mol. The molecular weight excluding hydrogens is 1430 g/mol. The van der Waals surface area contributed by atoms with E-state index in [-0.39, 0.29) is 61.6 Å². The van der Waals surface area contributed by atoms with E-state index >= 15 is 0 Å². The Balaban J connectivity index is 0.000000181. The fraction of sp³-hybridized carbons (Fsp3) is 0.532. The Morgan fingerprint density at radius 1 is 0.524 bits per heavy atom. The molecule has 4 aromatic rings. The van der Waals surface area contributed by atoms with Crippen LogP contribution in [0.1, 0.15) is 176 Å². The molecule has 6 fully saturated rings. The Morgan fingerprint density at radius 2 is 0.943 bits per heavy atom. The van der Waals surface area contributed by atoms with Gasteiger partial charge in [0.25, 0.3) is 0 Å². The van der Waals surface area contributed by atoms with Gasteiger partial charge in [0.15, 0.2) is 15.6 Å². The van der Waals surface area contributed by atoms with Gasteiger partial charge in [-0.15, -0.1) is 0 Å². The number of primary sulfonamides is 1. The Kier molecular flexibility index (Phi) is 24.4. The van der Waals surface area contributed by atoms with Gasteiger partial charge in [0, 0.05) is 47.8 Å². The second-order valence-electron chi connectivity index (χ2n) is 29.6. The van der Waals surface area contributed by atoms with E-state index < -0.39 is 114 Å². The molecular formula is C77H93Cl2N7O17S2. The number of halogens is 2. The van der Waals surface area contributed by atoms with E-state index in [0.29, 0.717) is 78.0 Å². The molecule has 4 aliphatic heterocycles. The molecule has 8 atom stereocenters. The molecule has 0 radical (unpaired) electrons. The number of allylic oxidation sites excluding steroid dienone is 2. The number of nitrogens with zero attached hydrogens (tertiary/aromatic N) is 2. The molecule has 0 spiro atoms. The summed E-state index contributed by atoms with van der Waals surface area (Å²) in [7, 11) is -6.76. The number of rotatable bonds is 14. The minimum absolute atomic E-state index is 0.0832. The van der Waals surface area contributed by atoms with Crippen molar-refractivity contribution < 1.29 is 79.2 Å². The number of carbonyl (C=O) groups is 8. The van der Waals surface area contributed by atoms with Crippen LogP contribution < -0.4 is 35.9 Å². The van der Waals surface area contributed by atoms with Crippen LogP contribution in [-0.2, 0) is 84.0 Å². The van der Waals surface area contributed by atoms with Gasteiger partial charge in [0.1, 0.15) is 76.2 Å². The van der Waals surface area contributed by atoms with Gasteiger partial charge in [-0.1, -0.05) is 97.5 Å². The maximum Gasteiger partial charge on any atom is 0.408 e. The zero-order valence-corrected chi connectivity index (χ0v) is 61.8. The highest BCUT2D eigenvalue weighted by Crippen LogP contribution is 2.48. The van der Waals surface area contributed by atoms with Crippen molar-refractivity contribution in [3.8, 4) is 23.0 Å². The third kappa shape index (κ3) is 19.8. The third-order valence-electron chi connectivity index (χ3n) is 21.6. The Hall–Kier alpha value is -8.04. The minimum atomic E-state index is -3.63. The van der Waals surface area contributed by atoms with Crippen LogP contribution in [0, 0.1) is 11.8 Å². The number of ketones is 1. The van der Waals surface area contributed by atoms with Crippen LogP contribution in [0.4, 0.5) is 9.59 Å². The standard InChI is InChI=1S/C39H46ClN3O8S.C35H40ClN3O7.C3H7NO2S/c40-28-10-8-13-30(21-28)50-31-16-15-25-23-43-34(20-26(25)19-31)36(45)42-39(35(44)24-52(48,49)32-17-18-32)22-27(39)9-4-2-1-3-5-14-33(37(43)46)41-38(47)51-29-11-6-7-12-29;36-25-10-8-13-27(19-25)45-28-16-15-22-21-39-30(18-23(22)17-28)31(40)38-35(33(42)43)20-24(35)9-4-2-1-3-5-14-29(32(39)41)37-34(44)46-26-11-6-7-12-26;4-7(5,6)3-1-2-3/h4,8-10,13,15-16,19,21,27,29,32-34H,1-3,5-7,11-12,14,17-18,20,22-24H2,(H,41,47)(H,42,45);4,8-10,13,15-17,19,24,26,29-30H,1-3,5-7,11-12,14,18,20-21H2,(H,37,44)(H,38,40)(H,42,43);3H,1-2H2,(H2,4,5,6)/b2*9-4-;/t27-,33+,34?,39-;24-,29+,30?,35-;/m11./s1. The van der Waals surface area contributed by atoms with Gasteiger partial charge in [0.2, 0.25) is 33.7 Å². The van der Waals surface area contributed by atoms with Crippen molar-refractivity contribution >= 4 is 90.6 Å². The van der Waals surface area contributed by atoms with Gasteiger partial charge in [-0.25, -0.2) is 36.4 Å². The number of Topliss-reactive ketones (excluding diaryl/α,β-unsaturated/α-hetero) is 1. The number of hydrogen-bond donors (Lipinski definition) is 6. The van der Waals surface area contributed by atoms with E-state index in [1.165, 1.54) is 9.80 Å². The quantitative estimate of drug-likeness (QED) is 0.0639. The second-order valence-corrected chi connectivity index (χ2v) is 34.6. The first-order valence-electron chi connectivity index (χ1n) is 37.0. The van der Waals surface area contributed by atoms with E-state index in [9.17, 15) is 60.3 Å². The molecule has 0 bridgehead atoms. The molecule has 6 aliphatic carbocycles. The number of nitrogens with one attached hydrogen (secondary N) is 4. The third-order valence-corrected chi connectivity index (χ3v) is 25.6. The summed E-state index contributed by atoms with van der Waals surface area (Å²) < 4.78 is 69.6. The summed E-state index contributed by atoms with van der Waals surface area (Å²) in [5.41, 5.74) is 0.462. The lowest BCUT2D eigenvalue weighted by atomic mass is 9.91. The summed E-state index contributed by atoms with van der Waals surface area (Å²) in [6.07, 6.45) is 23.8. The molecule has 6 amide bonds. The van der Waals surface area contributed by atoms with E-state index in [0.717, 1.165) is 125 Å². The molecule has 10 aliphatic rings. The fourth-order valence-corrected chi connectivity index (χ4v) is 17.9. The van der Waals surface area contributed by atoms with Crippen molar-refractivity contribution in [2.45, 2.75) is 238 Å². The van der Waals surface area contributed by atoms with E-state index in [2.05, 4.69) is 21.3 Å². The van der Waals surface area contributed by atoms with Crippen molar-refractivity contribution in [2.75, 3.05) is 5.75 Å². The zero-order valence-electron chi connectivity index (χ0n) is 58.7. The summed E-state index contributed by atoms with van der Waals surface area (Å²) in [6.45, 7) is 0.197. The maximum absolute atomic E-state index is 14.5. The Morgan fingerprint density at radius 3 is 1.36 bits per heavy atom. The van der Waals surface area contributed by atoms with Gasteiger partial charge < -0.3 is 55.1 Å². The topological polar surface area (TPSA) is 343 Å². The van der Waals surface area contributed by atoms with Crippen molar-refractivity contribution in [1.29, 1.82) is 0 Å². The lowest BCUT2D eigenvalue weighted by Crippen LogP contribution is -2.60. The van der Waals surface area contributed by atoms with Crippen molar-refractivity contribution in [2.24, 2.45) is 17.0 Å². The average Bonchev–Trinajstić information content (AvgIpc) is 1.58. The summed E-state index contributed by atoms with van der Waals surface area (Å²) >= 11 is 12.3. The summed E-state index contributed by atoms with van der Waals surface area (Å²) in [5, 5.41) is 26.7. The van der Waals surface area contributed by atoms with Crippen molar-refractivity contribution in [3.63, 3.8) is 0 Å². The summed E-state index contributed by atoms with van der Waals surface area (Å²) in [4.78, 5) is 113. The van der Waals surface area contributed by atoms with Crippen molar-refractivity contribution in [1.82, 2.24) is 31.1 Å². The van der Waals surface area contributed by atoms with E-state index in [1.54, 1.807) is 60.7 Å². The van der Waals surface area contributed by atoms with E-state index in [1.807, 2.05) is 48.6 Å². The molecule has 2 unspecified atom stereocenters. The normalized spacial score (nSPS) is 27.2. The van der Waals surface area contributed by atoms with Crippen LogP contribution in [0.5, 0.6) is 23.0 Å². The summed E-state index contributed by atoms with van der Waals surface area (Å²) in [6, 6.07) is 21.2. The number of ether oxygens (including phenoxy) is 4. The zero-order chi connectivity index (χ0) is 74.2. The minimum Gasteiger partial charge on any atom is -0.479 e.